The number of nitriles is 1. The molecule has 1 atom stereocenters. The van der Waals surface area contributed by atoms with Gasteiger partial charge in [-0.1, -0.05) is 18.2 Å². The van der Waals surface area contributed by atoms with Gasteiger partial charge >= 0.3 is 12.0 Å². The molecule has 1 heterocycles. The average molecular weight is 311 g/mol. The molecule has 0 unspecified atom stereocenters. The highest BCUT2D eigenvalue weighted by atomic mass is 16.5. The van der Waals surface area contributed by atoms with Crippen LogP contribution in [-0.4, -0.2) is 30.6 Å². The zero-order chi connectivity index (χ0) is 17.0. The largest absolute Gasteiger partial charge is 0.466 e. The van der Waals surface area contributed by atoms with Gasteiger partial charge in [0.25, 0.3) is 0 Å². The maximum Gasteiger partial charge on any atom is 0.337 e. The standard InChI is InChI=1S/C17H17N3O3/c1-4-8-20-11(2)14(16(21)23-3)15(19-17(20)22)13-7-5-6-12(9-13)10-18/h4-7,9,15H,1,8H2,2-3H3,(H,19,22)/t15-/m0/s1. The Morgan fingerprint density at radius 3 is 2.91 bits per heavy atom. The number of carbonyl (C=O) groups is 2. The Balaban J connectivity index is 2.57. The number of methoxy groups -OCH3 is 1. The molecule has 1 aromatic rings. The second-order valence-electron chi connectivity index (χ2n) is 5.01. The quantitative estimate of drug-likeness (QED) is 0.683. The van der Waals surface area contributed by atoms with Gasteiger partial charge in [-0.15, -0.1) is 6.58 Å². The van der Waals surface area contributed by atoms with E-state index in [1.54, 1.807) is 37.3 Å². The van der Waals surface area contributed by atoms with Crippen LogP contribution in [0.2, 0.25) is 0 Å². The zero-order valence-corrected chi connectivity index (χ0v) is 13.0. The van der Waals surface area contributed by atoms with Gasteiger partial charge in [-0.25, -0.2) is 9.59 Å². The third-order valence-corrected chi connectivity index (χ3v) is 3.66. The number of nitrogens with zero attached hydrogens (tertiary/aromatic N) is 2. The van der Waals surface area contributed by atoms with Crippen LogP contribution in [0.1, 0.15) is 24.1 Å². The van der Waals surface area contributed by atoms with Crippen LogP contribution in [0.4, 0.5) is 4.79 Å². The molecule has 23 heavy (non-hydrogen) atoms. The molecule has 0 fully saturated rings. The molecule has 118 valence electrons. The summed E-state index contributed by atoms with van der Waals surface area (Å²) in [5.41, 5.74) is 1.94. The molecule has 0 aliphatic carbocycles. The van der Waals surface area contributed by atoms with E-state index < -0.39 is 12.0 Å². The van der Waals surface area contributed by atoms with Crippen LogP contribution in [0.3, 0.4) is 0 Å². The van der Waals surface area contributed by atoms with Gasteiger partial charge in [0.2, 0.25) is 0 Å². The van der Waals surface area contributed by atoms with Crippen molar-refractivity contribution in [1.82, 2.24) is 10.2 Å². The molecule has 6 nitrogen and oxygen atoms in total. The van der Waals surface area contributed by atoms with Gasteiger partial charge in [-0.3, -0.25) is 4.90 Å². The van der Waals surface area contributed by atoms with Crippen molar-refractivity contribution in [3.63, 3.8) is 0 Å². The van der Waals surface area contributed by atoms with Gasteiger partial charge in [0.05, 0.1) is 30.4 Å². The average Bonchev–Trinajstić information content (AvgIpc) is 2.57. The number of hydrogen-bond acceptors (Lipinski definition) is 4. The lowest BCUT2D eigenvalue weighted by molar-refractivity contribution is -0.136. The summed E-state index contributed by atoms with van der Waals surface area (Å²) in [6, 6.07) is 7.82. The van der Waals surface area contributed by atoms with Crippen molar-refractivity contribution in [2.24, 2.45) is 0 Å². The van der Waals surface area contributed by atoms with E-state index in [0.717, 1.165) is 0 Å². The van der Waals surface area contributed by atoms with E-state index in [4.69, 9.17) is 10.00 Å². The molecule has 1 aromatic carbocycles. The maximum absolute atomic E-state index is 12.3. The maximum atomic E-state index is 12.3. The van der Waals surface area contributed by atoms with Crippen LogP contribution in [-0.2, 0) is 9.53 Å². The Bertz CT molecular complexity index is 731. The Morgan fingerprint density at radius 1 is 1.57 bits per heavy atom. The zero-order valence-electron chi connectivity index (χ0n) is 13.0. The van der Waals surface area contributed by atoms with Crippen LogP contribution in [0.25, 0.3) is 0 Å². The van der Waals surface area contributed by atoms with Crippen molar-refractivity contribution in [2.75, 3.05) is 13.7 Å². The Labute approximate surface area is 134 Å². The molecular weight excluding hydrogens is 294 g/mol. The van der Waals surface area contributed by atoms with Crippen molar-refractivity contribution < 1.29 is 14.3 Å². The number of hydrogen-bond donors (Lipinski definition) is 1. The number of esters is 1. The SMILES string of the molecule is C=CCN1C(=O)N[C@@H](c2cccc(C#N)c2)C(C(=O)OC)=C1C. The highest BCUT2D eigenvalue weighted by molar-refractivity contribution is 5.95. The molecule has 6 heteroatoms. The van der Waals surface area contributed by atoms with Crippen LogP contribution in [0.15, 0.2) is 48.2 Å². The van der Waals surface area contributed by atoms with Crippen molar-refractivity contribution in [1.29, 1.82) is 5.26 Å². The first kappa shape index (κ1) is 16.3. The highest BCUT2D eigenvalue weighted by Gasteiger charge is 2.35. The molecule has 0 saturated carbocycles. The van der Waals surface area contributed by atoms with Crippen molar-refractivity contribution in [3.8, 4) is 6.07 Å². The van der Waals surface area contributed by atoms with E-state index in [1.165, 1.54) is 12.0 Å². The Hall–Kier alpha value is -3.07. The molecule has 0 spiro atoms. The topological polar surface area (TPSA) is 82.4 Å². The second-order valence-corrected chi connectivity index (χ2v) is 5.01. The fraction of sp³-hybridized carbons (Fsp3) is 0.235. The lowest BCUT2D eigenvalue weighted by Crippen LogP contribution is -2.48. The Kier molecular flexibility index (Phi) is 4.82. The third-order valence-electron chi connectivity index (χ3n) is 3.66. The lowest BCUT2D eigenvalue weighted by Gasteiger charge is -2.34. The van der Waals surface area contributed by atoms with Gasteiger partial charge < -0.3 is 10.1 Å². The number of ether oxygens (including phenoxy) is 1. The highest BCUT2D eigenvalue weighted by Crippen LogP contribution is 2.31. The number of carbonyl (C=O) groups excluding carboxylic acids is 2. The summed E-state index contributed by atoms with van der Waals surface area (Å²) in [7, 11) is 1.29. The van der Waals surface area contributed by atoms with Crippen LogP contribution < -0.4 is 5.32 Å². The van der Waals surface area contributed by atoms with E-state index >= 15 is 0 Å². The van der Waals surface area contributed by atoms with Gasteiger partial charge in [0.1, 0.15) is 0 Å². The number of amides is 2. The van der Waals surface area contributed by atoms with E-state index in [0.29, 0.717) is 22.4 Å². The Morgan fingerprint density at radius 2 is 2.30 bits per heavy atom. The fourth-order valence-electron chi connectivity index (χ4n) is 2.54. The number of allylic oxidation sites excluding steroid dienone is 1. The third kappa shape index (κ3) is 3.09. The van der Waals surface area contributed by atoms with Crippen LogP contribution in [0.5, 0.6) is 0 Å². The second kappa shape index (κ2) is 6.79. The number of urea groups is 1. The van der Waals surface area contributed by atoms with Gasteiger partial charge in [0.15, 0.2) is 0 Å². The number of rotatable bonds is 4. The predicted molar refractivity (Wildman–Crippen MR) is 84.0 cm³/mol. The molecule has 0 bridgehead atoms. The van der Waals surface area contributed by atoms with Gasteiger partial charge in [-0.05, 0) is 24.6 Å². The summed E-state index contributed by atoms with van der Waals surface area (Å²) in [5.74, 6) is -0.524. The van der Waals surface area contributed by atoms with E-state index in [-0.39, 0.29) is 12.6 Å². The molecule has 1 aliphatic rings. The fourth-order valence-corrected chi connectivity index (χ4v) is 2.54. The number of benzene rings is 1. The molecule has 0 radical (unpaired) electrons. The summed E-state index contributed by atoms with van der Waals surface area (Å²) in [6.07, 6.45) is 1.58. The summed E-state index contributed by atoms with van der Waals surface area (Å²) >= 11 is 0. The first-order valence-corrected chi connectivity index (χ1v) is 7.01. The van der Waals surface area contributed by atoms with E-state index in [9.17, 15) is 9.59 Å². The van der Waals surface area contributed by atoms with Crippen molar-refractivity contribution >= 4 is 12.0 Å². The molecule has 2 amide bonds. The van der Waals surface area contributed by atoms with Crippen molar-refractivity contribution in [2.45, 2.75) is 13.0 Å². The smallest absolute Gasteiger partial charge is 0.337 e. The molecular formula is C17H17N3O3. The minimum absolute atomic E-state index is 0.281. The molecule has 1 N–H and O–H groups in total. The van der Waals surface area contributed by atoms with Crippen LogP contribution in [0, 0.1) is 11.3 Å². The monoisotopic (exact) mass is 311 g/mol. The summed E-state index contributed by atoms with van der Waals surface area (Å²) in [6.45, 7) is 5.59. The lowest BCUT2D eigenvalue weighted by atomic mass is 9.94. The van der Waals surface area contributed by atoms with Gasteiger partial charge in [0, 0.05) is 12.2 Å². The summed E-state index contributed by atoms with van der Waals surface area (Å²) < 4.78 is 4.86. The predicted octanol–water partition coefficient (Wildman–Crippen LogP) is 2.26. The number of nitrogens with one attached hydrogen (secondary N) is 1. The molecule has 0 saturated heterocycles. The van der Waals surface area contributed by atoms with Gasteiger partial charge in [-0.2, -0.15) is 5.26 Å². The molecule has 0 aromatic heterocycles. The summed E-state index contributed by atoms with van der Waals surface area (Å²) in [5, 5.41) is 11.8. The molecule has 1 aliphatic heterocycles. The van der Waals surface area contributed by atoms with E-state index in [1.807, 2.05) is 6.07 Å². The van der Waals surface area contributed by atoms with E-state index in [2.05, 4.69) is 11.9 Å². The molecule has 2 rings (SSSR count). The minimum atomic E-state index is -0.663. The normalized spacial score (nSPS) is 17.3. The van der Waals surface area contributed by atoms with Crippen molar-refractivity contribution in [3.05, 3.63) is 59.3 Å². The minimum Gasteiger partial charge on any atom is -0.466 e. The summed E-state index contributed by atoms with van der Waals surface area (Å²) in [4.78, 5) is 25.9. The first-order chi connectivity index (χ1) is 11.0. The first-order valence-electron chi connectivity index (χ1n) is 7.01. The van der Waals surface area contributed by atoms with Crippen LogP contribution >= 0.6 is 0 Å².